The van der Waals surface area contributed by atoms with Gasteiger partial charge in [0, 0.05) is 15.6 Å². The molecule has 0 aliphatic rings. The van der Waals surface area contributed by atoms with Crippen LogP contribution in [0.3, 0.4) is 0 Å². The number of hydrogen-bond acceptors (Lipinski definition) is 1. The normalized spacial score (nSPS) is 13.0. The highest BCUT2D eigenvalue weighted by Gasteiger charge is 2.06. The van der Waals surface area contributed by atoms with Crippen LogP contribution in [0.2, 0.25) is 10.0 Å². The Balaban J connectivity index is 2.90. The molecule has 0 aliphatic heterocycles. The summed E-state index contributed by atoms with van der Waals surface area (Å²) < 4.78 is 10.9. The van der Waals surface area contributed by atoms with Gasteiger partial charge in [-0.1, -0.05) is 34.4 Å². The van der Waals surface area contributed by atoms with Crippen LogP contribution in [0.15, 0.2) is 18.2 Å². The molecule has 0 saturated carbocycles. The molecular weight excluding hydrogens is 215 g/mol. The summed E-state index contributed by atoms with van der Waals surface area (Å²) in [5, 5.41) is 1.24. The lowest BCUT2D eigenvalue weighted by Gasteiger charge is -2.06. The van der Waals surface area contributed by atoms with Gasteiger partial charge in [0.05, 0.1) is 6.26 Å². The van der Waals surface area contributed by atoms with Crippen LogP contribution in [0.1, 0.15) is 5.56 Å². The lowest BCUT2D eigenvalue weighted by atomic mass is 10.2. The van der Waals surface area contributed by atoms with E-state index in [4.69, 9.17) is 23.2 Å². The van der Waals surface area contributed by atoms with Gasteiger partial charge in [-0.05, 0) is 18.2 Å². The second-order valence-corrected chi connectivity index (χ2v) is 4.73. The lowest BCUT2D eigenvalue weighted by molar-refractivity contribution is 0.600. The quantitative estimate of drug-likeness (QED) is 0.707. The summed E-state index contributed by atoms with van der Waals surface area (Å²) >= 11 is 10.7. The topological polar surface area (TPSA) is 23.1 Å². The van der Waals surface area contributed by atoms with Crippen molar-refractivity contribution in [2.45, 2.75) is 5.75 Å². The minimum absolute atomic E-state index is 0.458. The number of benzene rings is 1. The molecule has 0 bridgehead atoms. The largest absolute Gasteiger partial charge is 0.616 e. The van der Waals surface area contributed by atoms with Crippen molar-refractivity contribution in [2.75, 3.05) is 6.26 Å². The predicted octanol–water partition coefficient (Wildman–Crippen LogP) is 2.87. The number of halogens is 2. The fraction of sp³-hybridized carbons (Fsp3) is 0.250. The second kappa shape index (κ2) is 4.38. The molecule has 4 heteroatoms. The van der Waals surface area contributed by atoms with Crippen LogP contribution in [0.5, 0.6) is 0 Å². The summed E-state index contributed by atoms with van der Waals surface area (Å²) in [6, 6.07) is 5.17. The Hall–Kier alpha value is 0.110. The standard InChI is InChI=1S/C8H8Cl2OS/c1-12(11)5-6-4-7(9)2-3-8(6)10/h2-4H,5H2,1H3/t12-/m1/s1. The molecule has 0 N–H and O–H groups in total. The SMILES string of the molecule is C[S@@+]([O-])Cc1cc(Cl)ccc1Cl. The van der Waals surface area contributed by atoms with Gasteiger partial charge in [-0.2, -0.15) is 0 Å². The monoisotopic (exact) mass is 222 g/mol. The molecule has 66 valence electrons. The molecule has 1 aromatic rings. The Morgan fingerprint density at radius 1 is 1.42 bits per heavy atom. The Morgan fingerprint density at radius 3 is 2.67 bits per heavy atom. The average Bonchev–Trinajstić information content (AvgIpc) is 1.96. The molecule has 0 unspecified atom stereocenters. The molecule has 0 aliphatic carbocycles. The predicted molar refractivity (Wildman–Crippen MR) is 54.2 cm³/mol. The van der Waals surface area contributed by atoms with E-state index in [1.165, 1.54) is 0 Å². The van der Waals surface area contributed by atoms with Gasteiger partial charge in [-0.3, -0.25) is 0 Å². The van der Waals surface area contributed by atoms with Crippen molar-refractivity contribution in [3.63, 3.8) is 0 Å². The Morgan fingerprint density at radius 2 is 2.08 bits per heavy atom. The highest BCUT2D eigenvalue weighted by Crippen LogP contribution is 2.22. The molecule has 0 heterocycles. The summed E-state index contributed by atoms with van der Waals surface area (Å²) in [6.07, 6.45) is 1.64. The lowest BCUT2D eigenvalue weighted by Crippen LogP contribution is -2.01. The molecule has 1 nitrogen and oxygen atoms in total. The van der Waals surface area contributed by atoms with Crippen molar-refractivity contribution < 1.29 is 4.55 Å². The van der Waals surface area contributed by atoms with Gasteiger partial charge in [-0.25, -0.2) is 0 Å². The molecule has 0 spiro atoms. The van der Waals surface area contributed by atoms with E-state index in [1.54, 1.807) is 24.5 Å². The van der Waals surface area contributed by atoms with Crippen LogP contribution >= 0.6 is 23.2 Å². The minimum Gasteiger partial charge on any atom is -0.616 e. The van der Waals surface area contributed by atoms with Crippen molar-refractivity contribution in [3.8, 4) is 0 Å². The summed E-state index contributed by atoms with van der Waals surface area (Å²) in [7, 11) is 0. The first-order valence-electron chi connectivity index (χ1n) is 3.33. The van der Waals surface area contributed by atoms with Gasteiger partial charge in [0.1, 0.15) is 5.75 Å². The van der Waals surface area contributed by atoms with Crippen LogP contribution in [0.4, 0.5) is 0 Å². The number of hydrogen-bond donors (Lipinski definition) is 0. The summed E-state index contributed by atoms with van der Waals surface area (Å²) in [6.45, 7) is 0. The van der Waals surface area contributed by atoms with Gasteiger partial charge in [-0.15, -0.1) is 0 Å². The minimum atomic E-state index is -0.878. The molecule has 1 aromatic carbocycles. The molecule has 0 radical (unpaired) electrons. The highest BCUT2D eigenvalue weighted by atomic mass is 35.5. The molecule has 0 amide bonds. The van der Waals surface area contributed by atoms with Crippen LogP contribution in [-0.2, 0) is 16.9 Å². The van der Waals surface area contributed by atoms with E-state index >= 15 is 0 Å². The van der Waals surface area contributed by atoms with Crippen molar-refractivity contribution in [2.24, 2.45) is 0 Å². The van der Waals surface area contributed by atoms with E-state index < -0.39 is 11.2 Å². The zero-order valence-corrected chi connectivity index (χ0v) is 8.84. The van der Waals surface area contributed by atoms with Crippen LogP contribution < -0.4 is 0 Å². The van der Waals surface area contributed by atoms with E-state index in [-0.39, 0.29) is 0 Å². The maximum absolute atomic E-state index is 10.9. The molecule has 0 aromatic heterocycles. The van der Waals surface area contributed by atoms with Gasteiger partial charge in [0.15, 0.2) is 0 Å². The molecule has 1 atom stereocenters. The molecule has 1 rings (SSSR count). The van der Waals surface area contributed by atoms with Gasteiger partial charge in [0.2, 0.25) is 0 Å². The van der Waals surface area contributed by atoms with Gasteiger partial charge in [0.25, 0.3) is 0 Å². The first-order chi connectivity index (χ1) is 5.59. The van der Waals surface area contributed by atoms with Crippen molar-refractivity contribution in [1.29, 1.82) is 0 Å². The van der Waals surface area contributed by atoms with Crippen molar-refractivity contribution >= 4 is 34.4 Å². The van der Waals surface area contributed by atoms with E-state index in [0.29, 0.717) is 15.8 Å². The van der Waals surface area contributed by atoms with Crippen molar-refractivity contribution in [3.05, 3.63) is 33.8 Å². The van der Waals surface area contributed by atoms with Crippen LogP contribution in [-0.4, -0.2) is 10.8 Å². The van der Waals surface area contributed by atoms with Crippen LogP contribution in [0.25, 0.3) is 0 Å². The zero-order chi connectivity index (χ0) is 9.14. The summed E-state index contributed by atoms with van der Waals surface area (Å²) in [5.41, 5.74) is 0.838. The third kappa shape index (κ3) is 2.87. The Bertz CT molecular complexity index is 276. The fourth-order valence-electron chi connectivity index (χ4n) is 0.873. The first kappa shape index (κ1) is 10.2. The fourth-order valence-corrected chi connectivity index (χ4v) is 2.01. The average molecular weight is 223 g/mol. The highest BCUT2D eigenvalue weighted by molar-refractivity contribution is 7.89. The van der Waals surface area contributed by atoms with E-state index in [9.17, 15) is 4.55 Å². The van der Waals surface area contributed by atoms with Crippen molar-refractivity contribution in [1.82, 2.24) is 0 Å². The van der Waals surface area contributed by atoms with Crippen LogP contribution in [0, 0.1) is 0 Å². The maximum Gasteiger partial charge on any atom is 0.131 e. The van der Waals surface area contributed by atoms with Gasteiger partial charge >= 0.3 is 0 Å². The second-order valence-electron chi connectivity index (χ2n) is 2.45. The van der Waals surface area contributed by atoms with Gasteiger partial charge < -0.3 is 4.55 Å². The summed E-state index contributed by atoms with van der Waals surface area (Å²) in [5.74, 6) is 0.458. The molecule has 0 fully saturated rings. The van der Waals surface area contributed by atoms with E-state index in [2.05, 4.69) is 0 Å². The Kier molecular flexibility index (Phi) is 3.72. The zero-order valence-electron chi connectivity index (χ0n) is 6.51. The third-order valence-corrected chi connectivity index (χ3v) is 2.69. The Labute approximate surface area is 84.9 Å². The molecule has 0 saturated heterocycles. The van der Waals surface area contributed by atoms with E-state index in [1.807, 2.05) is 0 Å². The third-order valence-electron chi connectivity index (χ3n) is 1.37. The first-order valence-corrected chi connectivity index (χ1v) is 5.82. The smallest absolute Gasteiger partial charge is 0.131 e. The maximum atomic E-state index is 10.9. The van der Waals surface area contributed by atoms with E-state index in [0.717, 1.165) is 5.56 Å². The summed E-state index contributed by atoms with van der Waals surface area (Å²) in [4.78, 5) is 0. The molecule has 12 heavy (non-hydrogen) atoms. The number of rotatable bonds is 2. The molecular formula is C8H8Cl2OS.